The minimum absolute atomic E-state index is 0.669. The predicted octanol–water partition coefficient (Wildman–Crippen LogP) is 3.54. The van der Waals surface area contributed by atoms with Crippen LogP contribution in [0.1, 0.15) is 5.56 Å². The quantitative estimate of drug-likeness (QED) is 0.320. The first-order valence-electron chi connectivity index (χ1n) is 3.05. The van der Waals surface area contributed by atoms with Gasteiger partial charge in [0.1, 0.15) is 0 Å². The van der Waals surface area contributed by atoms with E-state index in [1.165, 1.54) is 5.56 Å². The maximum atomic E-state index is 8.14. The summed E-state index contributed by atoms with van der Waals surface area (Å²) < 4.78 is 1.12. The van der Waals surface area contributed by atoms with Crippen molar-refractivity contribution in [3.8, 4) is 0 Å². The molecule has 0 spiro atoms. The van der Waals surface area contributed by atoms with Crippen molar-refractivity contribution < 1.29 is 0 Å². The number of hydrogen-bond donors (Lipinski definition) is 0. The summed E-state index contributed by atoms with van der Waals surface area (Å²) in [5.41, 5.74) is 10.0. The van der Waals surface area contributed by atoms with Crippen molar-refractivity contribution in [2.24, 2.45) is 5.11 Å². The van der Waals surface area contributed by atoms with Gasteiger partial charge in [-0.15, -0.1) is 0 Å². The molecule has 11 heavy (non-hydrogen) atoms. The van der Waals surface area contributed by atoms with E-state index in [4.69, 9.17) is 5.53 Å². The van der Waals surface area contributed by atoms with Gasteiger partial charge in [0, 0.05) is 14.2 Å². The van der Waals surface area contributed by atoms with Gasteiger partial charge in [-0.05, 0) is 46.7 Å². The van der Waals surface area contributed by atoms with Gasteiger partial charge >= 0.3 is 0 Å². The summed E-state index contributed by atoms with van der Waals surface area (Å²) in [6, 6.07) is 5.60. The molecular weight excluding hydrogens is 253 g/mol. The van der Waals surface area contributed by atoms with E-state index in [9.17, 15) is 0 Å². The number of halogens is 1. The van der Waals surface area contributed by atoms with Crippen molar-refractivity contribution in [3.63, 3.8) is 0 Å². The molecule has 1 aromatic rings. The number of rotatable bonds is 1. The number of hydrogen-bond acceptors (Lipinski definition) is 1. The summed E-state index contributed by atoms with van der Waals surface area (Å²) in [4.78, 5) is 2.70. The van der Waals surface area contributed by atoms with E-state index in [1.54, 1.807) is 6.07 Å². The third-order valence-corrected chi connectivity index (χ3v) is 2.48. The first-order valence-corrected chi connectivity index (χ1v) is 4.13. The highest BCUT2D eigenvalue weighted by Gasteiger charge is 1.93. The minimum atomic E-state index is 0.669. The summed E-state index contributed by atoms with van der Waals surface area (Å²) >= 11 is 2.21. The molecule has 1 rings (SSSR count). The Morgan fingerprint density at radius 2 is 2.27 bits per heavy atom. The summed E-state index contributed by atoms with van der Waals surface area (Å²) in [6.07, 6.45) is 0. The van der Waals surface area contributed by atoms with Gasteiger partial charge in [-0.25, -0.2) is 0 Å². The summed E-state index contributed by atoms with van der Waals surface area (Å²) in [7, 11) is 0. The van der Waals surface area contributed by atoms with Crippen molar-refractivity contribution >= 4 is 28.3 Å². The Hall–Kier alpha value is -0.740. The lowest BCUT2D eigenvalue weighted by Gasteiger charge is -1.96. The van der Waals surface area contributed by atoms with Crippen molar-refractivity contribution in [1.82, 2.24) is 0 Å². The molecule has 0 atom stereocenters. The molecule has 0 radical (unpaired) electrons. The van der Waals surface area contributed by atoms with Crippen LogP contribution in [0.15, 0.2) is 23.3 Å². The van der Waals surface area contributed by atoms with Crippen molar-refractivity contribution in [2.45, 2.75) is 6.92 Å². The van der Waals surface area contributed by atoms with E-state index in [-0.39, 0.29) is 0 Å². The van der Waals surface area contributed by atoms with Gasteiger partial charge in [0.2, 0.25) is 0 Å². The van der Waals surface area contributed by atoms with Crippen LogP contribution in [0.4, 0.5) is 5.69 Å². The Labute approximate surface area is 78.2 Å². The Balaban J connectivity index is 3.14. The second-order valence-electron chi connectivity index (χ2n) is 2.12. The minimum Gasteiger partial charge on any atom is -0.0607 e. The average molecular weight is 259 g/mol. The largest absolute Gasteiger partial charge is 0.0607 e. The Bertz CT molecular complexity index is 315. The molecule has 0 saturated heterocycles. The van der Waals surface area contributed by atoms with E-state index >= 15 is 0 Å². The number of azide groups is 1. The van der Waals surface area contributed by atoms with Crippen molar-refractivity contribution in [1.29, 1.82) is 0 Å². The van der Waals surface area contributed by atoms with Crippen LogP contribution >= 0.6 is 22.6 Å². The molecule has 56 valence electrons. The van der Waals surface area contributed by atoms with E-state index < -0.39 is 0 Å². The second kappa shape index (κ2) is 3.59. The first kappa shape index (κ1) is 8.36. The van der Waals surface area contributed by atoms with Crippen LogP contribution in [-0.4, -0.2) is 0 Å². The van der Waals surface area contributed by atoms with Gasteiger partial charge in [-0.2, -0.15) is 0 Å². The smallest absolute Gasteiger partial charge is 0.0386 e. The van der Waals surface area contributed by atoms with Crippen LogP contribution in [0.2, 0.25) is 0 Å². The van der Waals surface area contributed by atoms with E-state index in [0.29, 0.717) is 5.69 Å². The number of benzene rings is 1. The van der Waals surface area contributed by atoms with Crippen LogP contribution in [-0.2, 0) is 0 Å². The zero-order valence-electron chi connectivity index (χ0n) is 5.95. The van der Waals surface area contributed by atoms with Gasteiger partial charge in [-0.3, -0.25) is 0 Å². The molecule has 0 fully saturated rings. The highest BCUT2D eigenvalue weighted by atomic mass is 127. The topological polar surface area (TPSA) is 48.8 Å². The fourth-order valence-electron chi connectivity index (χ4n) is 0.696. The molecule has 0 N–H and O–H groups in total. The summed E-state index contributed by atoms with van der Waals surface area (Å²) in [5, 5.41) is 3.48. The monoisotopic (exact) mass is 259 g/mol. The molecule has 0 aromatic heterocycles. The fraction of sp³-hybridized carbons (Fsp3) is 0.143. The predicted molar refractivity (Wildman–Crippen MR) is 52.7 cm³/mol. The van der Waals surface area contributed by atoms with E-state index in [1.807, 2.05) is 19.1 Å². The Morgan fingerprint density at radius 3 is 2.82 bits per heavy atom. The lowest BCUT2D eigenvalue weighted by atomic mass is 10.2. The fourth-order valence-corrected chi connectivity index (χ4v) is 1.19. The van der Waals surface area contributed by atoms with Gasteiger partial charge in [0.05, 0.1) is 0 Å². The Morgan fingerprint density at radius 1 is 1.55 bits per heavy atom. The third-order valence-electron chi connectivity index (χ3n) is 1.32. The number of nitrogens with zero attached hydrogens (tertiary/aromatic N) is 3. The molecule has 0 unspecified atom stereocenters. The van der Waals surface area contributed by atoms with E-state index in [2.05, 4.69) is 32.6 Å². The van der Waals surface area contributed by atoms with Crippen LogP contribution in [0.5, 0.6) is 0 Å². The summed E-state index contributed by atoms with van der Waals surface area (Å²) in [5.74, 6) is 0. The SMILES string of the molecule is Cc1ccc(N=[N+]=[N-])cc1I. The standard InChI is InChI=1S/C7H6IN3/c1-5-2-3-6(10-11-9)4-7(5)8/h2-4H,1H3. The third kappa shape index (κ3) is 2.10. The molecule has 0 heterocycles. The molecule has 0 aliphatic carbocycles. The average Bonchev–Trinajstić information content (AvgIpc) is 1.98. The van der Waals surface area contributed by atoms with Gasteiger partial charge in [-0.1, -0.05) is 17.2 Å². The molecule has 0 saturated carbocycles. The van der Waals surface area contributed by atoms with Crippen LogP contribution in [0.3, 0.4) is 0 Å². The summed E-state index contributed by atoms with van der Waals surface area (Å²) in [6.45, 7) is 2.02. The van der Waals surface area contributed by atoms with Gasteiger partial charge in [0.25, 0.3) is 0 Å². The maximum Gasteiger partial charge on any atom is 0.0386 e. The molecule has 1 aromatic carbocycles. The molecule has 0 amide bonds. The molecule has 4 heteroatoms. The Kier molecular flexibility index (Phi) is 2.73. The van der Waals surface area contributed by atoms with E-state index in [0.717, 1.165) is 3.57 Å². The molecular formula is C7H6IN3. The van der Waals surface area contributed by atoms with Gasteiger partial charge < -0.3 is 0 Å². The second-order valence-corrected chi connectivity index (χ2v) is 3.29. The molecule has 3 nitrogen and oxygen atoms in total. The zero-order valence-corrected chi connectivity index (χ0v) is 8.11. The maximum absolute atomic E-state index is 8.14. The normalized spacial score (nSPS) is 8.91. The first-order chi connectivity index (χ1) is 5.24. The lowest BCUT2D eigenvalue weighted by molar-refractivity contribution is 1.38. The van der Waals surface area contributed by atoms with Gasteiger partial charge in [0.15, 0.2) is 0 Å². The number of aryl methyl sites for hydroxylation is 1. The van der Waals surface area contributed by atoms with Crippen LogP contribution < -0.4 is 0 Å². The highest BCUT2D eigenvalue weighted by Crippen LogP contribution is 2.19. The zero-order chi connectivity index (χ0) is 8.27. The highest BCUT2D eigenvalue weighted by molar-refractivity contribution is 14.1. The molecule has 0 bridgehead atoms. The lowest BCUT2D eigenvalue weighted by Crippen LogP contribution is -1.76. The van der Waals surface area contributed by atoms with Crippen molar-refractivity contribution in [2.75, 3.05) is 0 Å². The van der Waals surface area contributed by atoms with Crippen LogP contribution in [0, 0.1) is 10.5 Å². The van der Waals surface area contributed by atoms with Crippen LogP contribution in [0.25, 0.3) is 10.4 Å². The molecule has 0 aliphatic heterocycles. The molecule has 0 aliphatic rings. The van der Waals surface area contributed by atoms with Crippen molar-refractivity contribution in [3.05, 3.63) is 37.8 Å².